The van der Waals surface area contributed by atoms with Gasteiger partial charge >= 0.3 is 0 Å². The lowest BCUT2D eigenvalue weighted by Gasteiger charge is -2.25. The maximum atomic E-state index is 9.98. The Labute approximate surface area is 96.1 Å². The molecule has 0 radical (unpaired) electrons. The van der Waals surface area contributed by atoms with Crippen molar-refractivity contribution in [3.63, 3.8) is 0 Å². The lowest BCUT2D eigenvalue weighted by atomic mass is 9.88. The van der Waals surface area contributed by atoms with E-state index in [0.717, 1.165) is 42.6 Å². The third-order valence-corrected chi connectivity index (χ3v) is 3.55. The van der Waals surface area contributed by atoms with E-state index in [1.165, 1.54) is 0 Å². The zero-order valence-corrected chi connectivity index (χ0v) is 9.88. The average Bonchev–Trinajstić information content (AvgIpc) is 2.32. The molecule has 1 heterocycles. The van der Waals surface area contributed by atoms with Crippen molar-refractivity contribution < 1.29 is 10.2 Å². The van der Waals surface area contributed by atoms with Crippen molar-refractivity contribution in [3.8, 4) is 11.5 Å². The molecule has 1 saturated heterocycles. The van der Waals surface area contributed by atoms with E-state index in [9.17, 15) is 10.2 Å². The van der Waals surface area contributed by atoms with Crippen LogP contribution < -0.4 is 5.32 Å². The van der Waals surface area contributed by atoms with E-state index < -0.39 is 0 Å². The van der Waals surface area contributed by atoms with Gasteiger partial charge < -0.3 is 15.5 Å². The number of nitrogens with one attached hydrogen (secondary N) is 1. The zero-order chi connectivity index (χ0) is 11.7. The van der Waals surface area contributed by atoms with Gasteiger partial charge in [-0.3, -0.25) is 0 Å². The van der Waals surface area contributed by atoms with Crippen LogP contribution in [0, 0.1) is 13.8 Å². The van der Waals surface area contributed by atoms with Gasteiger partial charge in [-0.2, -0.15) is 0 Å². The fourth-order valence-corrected chi connectivity index (χ4v) is 2.34. The smallest absolute Gasteiger partial charge is 0.161 e. The predicted octanol–water partition coefficient (Wildman–Crippen LogP) is 2.18. The Kier molecular flexibility index (Phi) is 3.06. The van der Waals surface area contributed by atoms with Gasteiger partial charge in [0.2, 0.25) is 0 Å². The van der Waals surface area contributed by atoms with Crippen LogP contribution in [0.1, 0.15) is 35.4 Å². The van der Waals surface area contributed by atoms with Crippen molar-refractivity contribution in [1.29, 1.82) is 0 Å². The first kappa shape index (κ1) is 11.3. The molecule has 1 atom stereocenters. The minimum absolute atomic E-state index is 0.0422. The number of hydrogen-bond donors (Lipinski definition) is 3. The summed E-state index contributed by atoms with van der Waals surface area (Å²) in [4.78, 5) is 0. The molecule has 2 rings (SSSR count). The van der Waals surface area contributed by atoms with E-state index in [0.29, 0.717) is 5.92 Å². The second-order valence-electron chi connectivity index (χ2n) is 4.65. The summed E-state index contributed by atoms with van der Waals surface area (Å²) in [5.41, 5.74) is 2.69. The van der Waals surface area contributed by atoms with Crippen LogP contribution >= 0.6 is 0 Å². The Balaban J connectivity index is 2.40. The number of phenolic OH excluding ortho intramolecular Hbond substituents is 2. The van der Waals surface area contributed by atoms with Crippen LogP contribution in [0.2, 0.25) is 0 Å². The monoisotopic (exact) mass is 221 g/mol. The molecule has 1 aromatic carbocycles. The molecule has 0 amide bonds. The van der Waals surface area contributed by atoms with Crippen LogP contribution in [0.3, 0.4) is 0 Å². The van der Waals surface area contributed by atoms with Crippen molar-refractivity contribution in [1.82, 2.24) is 5.32 Å². The van der Waals surface area contributed by atoms with Crippen molar-refractivity contribution in [3.05, 3.63) is 22.8 Å². The maximum Gasteiger partial charge on any atom is 0.161 e. The summed E-state index contributed by atoms with van der Waals surface area (Å²) in [6, 6.07) is 2.00. The van der Waals surface area contributed by atoms with Gasteiger partial charge in [0.15, 0.2) is 11.5 Å². The minimum Gasteiger partial charge on any atom is -0.504 e. The number of piperidine rings is 1. The SMILES string of the molecule is Cc1cc(C2CCCNC2)c(O)c(O)c1C. The number of hydrogen-bond acceptors (Lipinski definition) is 3. The summed E-state index contributed by atoms with van der Waals surface area (Å²) in [6.45, 7) is 5.73. The van der Waals surface area contributed by atoms with E-state index in [-0.39, 0.29) is 11.5 Å². The van der Waals surface area contributed by atoms with Gasteiger partial charge in [0.05, 0.1) is 0 Å². The third-order valence-electron chi connectivity index (χ3n) is 3.55. The highest BCUT2D eigenvalue weighted by Gasteiger charge is 2.21. The first-order valence-corrected chi connectivity index (χ1v) is 5.84. The Morgan fingerprint density at radius 1 is 1.25 bits per heavy atom. The normalized spacial score (nSPS) is 21.0. The van der Waals surface area contributed by atoms with Gasteiger partial charge in [-0.1, -0.05) is 6.07 Å². The van der Waals surface area contributed by atoms with E-state index in [2.05, 4.69) is 5.32 Å². The topological polar surface area (TPSA) is 52.5 Å². The van der Waals surface area contributed by atoms with Gasteiger partial charge in [0.1, 0.15) is 0 Å². The molecule has 3 nitrogen and oxygen atoms in total. The average molecular weight is 221 g/mol. The highest BCUT2D eigenvalue weighted by atomic mass is 16.3. The van der Waals surface area contributed by atoms with E-state index in [1.807, 2.05) is 19.9 Å². The van der Waals surface area contributed by atoms with Crippen LogP contribution in [-0.4, -0.2) is 23.3 Å². The first-order chi connectivity index (χ1) is 7.61. The second-order valence-corrected chi connectivity index (χ2v) is 4.65. The molecule has 0 saturated carbocycles. The van der Waals surface area contributed by atoms with Crippen molar-refractivity contribution >= 4 is 0 Å². The lowest BCUT2D eigenvalue weighted by Crippen LogP contribution is -2.28. The van der Waals surface area contributed by atoms with E-state index in [4.69, 9.17) is 0 Å². The molecule has 16 heavy (non-hydrogen) atoms. The molecule has 0 spiro atoms. The van der Waals surface area contributed by atoms with Gasteiger partial charge in [0, 0.05) is 18.0 Å². The number of phenols is 2. The fourth-order valence-electron chi connectivity index (χ4n) is 2.34. The van der Waals surface area contributed by atoms with Gasteiger partial charge in [-0.15, -0.1) is 0 Å². The lowest BCUT2D eigenvalue weighted by molar-refractivity contribution is 0.382. The van der Waals surface area contributed by atoms with Gasteiger partial charge in [-0.05, 0) is 44.4 Å². The van der Waals surface area contributed by atoms with Gasteiger partial charge in [-0.25, -0.2) is 0 Å². The Morgan fingerprint density at radius 2 is 2.00 bits per heavy atom. The second kappa shape index (κ2) is 4.34. The Bertz CT molecular complexity index is 395. The number of aryl methyl sites for hydroxylation is 1. The molecule has 0 aromatic heterocycles. The summed E-state index contributed by atoms with van der Waals surface area (Å²) in [5.74, 6) is 0.427. The Hall–Kier alpha value is -1.22. The molecule has 88 valence electrons. The zero-order valence-electron chi connectivity index (χ0n) is 9.88. The molecule has 1 fully saturated rings. The van der Waals surface area contributed by atoms with Crippen molar-refractivity contribution in [2.75, 3.05) is 13.1 Å². The van der Waals surface area contributed by atoms with Crippen molar-refractivity contribution in [2.24, 2.45) is 0 Å². The van der Waals surface area contributed by atoms with Crippen LogP contribution in [0.5, 0.6) is 11.5 Å². The molecule has 0 aliphatic carbocycles. The molecule has 3 N–H and O–H groups in total. The summed E-state index contributed by atoms with van der Waals surface area (Å²) < 4.78 is 0. The van der Waals surface area contributed by atoms with Gasteiger partial charge in [0.25, 0.3) is 0 Å². The predicted molar refractivity (Wildman–Crippen MR) is 64.1 cm³/mol. The number of aromatic hydroxyl groups is 2. The molecule has 1 aromatic rings. The molecule has 0 bridgehead atoms. The molecule has 3 heteroatoms. The molecular formula is C13H19NO2. The van der Waals surface area contributed by atoms with Crippen LogP contribution in [0.4, 0.5) is 0 Å². The molecule has 1 aliphatic rings. The quantitative estimate of drug-likeness (QED) is 0.637. The van der Waals surface area contributed by atoms with E-state index >= 15 is 0 Å². The minimum atomic E-state index is 0.0422. The highest BCUT2D eigenvalue weighted by molar-refractivity contribution is 5.54. The standard InChI is InChI=1S/C13H19NO2/c1-8-6-11(10-4-3-5-14-7-10)13(16)12(15)9(8)2/h6,10,14-16H,3-5,7H2,1-2H3. The molecule has 1 aliphatic heterocycles. The van der Waals surface area contributed by atoms with Crippen LogP contribution in [-0.2, 0) is 0 Å². The maximum absolute atomic E-state index is 9.98. The molecule has 1 unspecified atom stereocenters. The fraction of sp³-hybridized carbons (Fsp3) is 0.538. The summed E-state index contributed by atoms with van der Waals surface area (Å²) in [7, 11) is 0. The van der Waals surface area contributed by atoms with E-state index in [1.54, 1.807) is 0 Å². The third kappa shape index (κ3) is 1.87. The number of rotatable bonds is 1. The summed E-state index contributed by atoms with van der Waals surface area (Å²) in [5, 5.41) is 23.1. The molecular weight excluding hydrogens is 202 g/mol. The number of benzene rings is 1. The first-order valence-electron chi connectivity index (χ1n) is 5.84. The van der Waals surface area contributed by atoms with Crippen LogP contribution in [0.15, 0.2) is 6.07 Å². The summed E-state index contributed by atoms with van der Waals surface area (Å²) in [6.07, 6.45) is 2.19. The van der Waals surface area contributed by atoms with Crippen molar-refractivity contribution in [2.45, 2.75) is 32.6 Å². The Morgan fingerprint density at radius 3 is 2.62 bits per heavy atom. The highest BCUT2D eigenvalue weighted by Crippen LogP contribution is 2.40. The summed E-state index contributed by atoms with van der Waals surface area (Å²) >= 11 is 0. The van der Waals surface area contributed by atoms with Crippen LogP contribution in [0.25, 0.3) is 0 Å². The largest absolute Gasteiger partial charge is 0.504 e.